The van der Waals surface area contributed by atoms with Crippen molar-refractivity contribution in [3.8, 4) is 5.75 Å². The first-order chi connectivity index (χ1) is 7.63. The van der Waals surface area contributed by atoms with E-state index < -0.39 is 5.97 Å². The molecule has 0 heterocycles. The lowest BCUT2D eigenvalue weighted by Gasteiger charge is -2.02. The molecule has 0 spiro atoms. The largest absolute Gasteiger partial charge is 0.463 e. The van der Waals surface area contributed by atoms with Gasteiger partial charge in [0.05, 0.1) is 24.0 Å². The third kappa shape index (κ3) is 4.13. The van der Waals surface area contributed by atoms with Crippen LogP contribution in [0.5, 0.6) is 5.75 Å². The molecule has 0 radical (unpaired) electrons. The van der Waals surface area contributed by atoms with E-state index in [9.17, 15) is 4.79 Å². The first kappa shape index (κ1) is 12.9. The number of hydrogen-bond donors (Lipinski definition) is 0. The summed E-state index contributed by atoms with van der Waals surface area (Å²) in [4.78, 5) is 10.9. The van der Waals surface area contributed by atoms with Crippen LogP contribution in [0.25, 0.3) is 0 Å². The lowest BCUT2D eigenvalue weighted by atomic mass is 10.3. The van der Waals surface area contributed by atoms with Crippen molar-refractivity contribution in [2.24, 2.45) is 0 Å². The topological polar surface area (TPSA) is 35.5 Å². The smallest absolute Gasteiger partial charge is 0.333 e. The molecule has 0 fully saturated rings. The van der Waals surface area contributed by atoms with Crippen molar-refractivity contribution < 1.29 is 14.3 Å². The Hall–Kier alpha value is -1.19. The number of benzene rings is 1. The van der Waals surface area contributed by atoms with Crippen molar-refractivity contribution in [1.29, 1.82) is 0 Å². The number of halogens is 2. The minimum absolute atomic E-state index is 0.324. The van der Waals surface area contributed by atoms with Gasteiger partial charge in [-0.1, -0.05) is 23.2 Å². The minimum Gasteiger partial charge on any atom is -0.463 e. The van der Waals surface area contributed by atoms with Gasteiger partial charge < -0.3 is 9.47 Å². The fourth-order valence-electron chi connectivity index (χ4n) is 0.924. The molecule has 0 saturated heterocycles. The number of hydrogen-bond acceptors (Lipinski definition) is 3. The molecule has 1 aromatic rings. The number of carbonyl (C=O) groups is 1. The van der Waals surface area contributed by atoms with E-state index in [0.29, 0.717) is 22.4 Å². The number of esters is 1. The molecule has 0 amide bonds. The summed E-state index contributed by atoms with van der Waals surface area (Å²) in [6.07, 6.45) is 2.39. The van der Waals surface area contributed by atoms with Gasteiger partial charge in [-0.3, -0.25) is 0 Å². The summed E-state index contributed by atoms with van der Waals surface area (Å²) in [6.45, 7) is 2.05. The maximum atomic E-state index is 10.9. The minimum atomic E-state index is -0.465. The van der Waals surface area contributed by atoms with Gasteiger partial charge in [-0.25, -0.2) is 4.79 Å². The van der Waals surface area contributed by atoms with E-state index in [0.717, 1.165) is 0 Å². The molecule has 0 N–H and O–H groups in total. The first-order valence-corrected chi connectivity index (χ1v) is 5.34. The fraction of sp³-hybridized carbons (Fsp3) is 0.182. The second-order valence-corrected chi connectivity index (χ2v) is 3.59. The van der Waals surface area contributed by atoms with E-state index in [1.165, 1.54) is 12.3 Å². The molecule has 0 bridgehead atoms. The monoisotopic (exact) mass is 260 g/mol. The highest BCUT2D eigenvalue weighted by Gasteiger charge is 2.01. The van der Waals surface area contributed by atoms with Crippen LogP contribution in [0.15, 0.2) is 30.5 Å². The van der Waals surface area contributed by atoms with Crippen molar-refractivity contribution >= 4 is 29.2 Å². The van der Waals surface area contributed by atoms with Crippen LogP contribution in [-0.4, -0.2) is 12.6 Å². The molecule has 3 nitrogen and oxygen atoms in total. The summed E-state index contributed by atoms with van der Waals surface area (Å²) < 4.78 is 9.81. The van der Waals surface area contributed by atoms with Gasteiger partial charge >= 0.3 is 5.97 Å². The number of ether oxygens (including phenoxy) is 2. The van der Waals surface area contributed by atoms with Crippen molar-refractivity contribution in [2.45, 2.75) is 6.92 Å². The van der Waals surface area contributed by atoms with E-state index in [1.807, 2.05) is 0 Å². The number of rotatable bonds is 4. The second-order valence-electron chi connectivity index (χ2n) is 2.75. The molecule has 0 unspecified atom stereocenters. The number of carbonyl (C=O) groups excluding carboxylic acids is 1. The zero-order valence-electron chi connectivity index (χ0n) is 8.57. The van der Waals surface area contributed by atoms with Gasteiger partial charge in [0.1, 0.15) is 5.75 Å². The van der Waals surface area contributed by atoms with E-state index in [4.69, 9.17) is 27.9 Å². The molecule has 0 aliphatic carbocycles. The Morgan fingerprint density at radius 1 is 1.44 bits per heavy atom. The van der Waals surface area contributed by atoms with Crippen LogP contribution in [0.2, 0.25) is 10.0 Å². The molecular weight excluding hydrogens is 251 g/mol. The van der Waals surface area contributed by atoms with E-state index in [1.54, 1.807) is 25.1 Å². The van der Waals surface area contributed by atoms with E-state index in [2.05, 4.69) is 4.74 Å². The van der Waals surface area contributed by atoms with Gasteiger partial charge in [-0.05, 0) is 25.1 Å². The van der Waals surface area contributed by atoms with Gasteiger partial charge in [0.25, 0.3) is 0 Å². The van der Waals surface area contributed by atoms with Crippen molar-refractivity contribution in [1.82, 2.24) is 0 Å². The van der Waals surface area contributed by atoms with Crippen molar-refractivity contribution in [2.75, 3.05) is 6.61 Å². The molecule has 0 aliphatic rings. The molecule has 0 saturated carbocycles. The molecule has 16 heavy (non-hydrogen) atoms. The highest BCUT2D eigenvalue weighted by Crippen LogP contribution is 2.27. The zero-order valence-corrected chi connectivity index (χ0v) is 10.1. The molecule has 0 atom stereocenters. The van der Waals surface area contributed by atoms with Crippen LogP contribution in [0.3, 0.4) is 0 Å². The Labute approximate surface area is 104 Å². The fourth-order valence-corrected chi connectivity index (χ4v) is 1.38. The molecular formula is C11H10Cl2O3. The van der Waals surface area contributed by atoms with Gasteiger partial charge in [-0.15, -0.1) is 0 Å². The van der Waals surface area contributed by atoms with Gasteiger partial charge in [-0.2, -0.15) is 0 Å². The Bertz CT molecular complexity index is 402. The Morgan fingerprint density at radius 3 is 2.81 bits per heavy atom. The van der Waals surface area contributed by atoms with Crippen molar-refractivity contribution in [3.63, 3.8) is 0 Å². The molecule has 1 aromatic carbocycles. The maximum Gasteiger partial charge on any atom is 0.333 e. The maximum absolute atomic E-state index is 10.9. The molecule has 0 aromatic heterocycles. The average Bonchev–Trinajstić information content (AvgIpc) is 2.22. The van der Waals surface area contributed by atoms with E-state index in [-0.39, 0.29) is 0 Å². The second kappa shape index (κ2) is 6.40. The lowest BCUT2D eigenvalue weighted by Crippen LogP contribution is -1.99. The van der Waals surface area contributed by atoms with Crippen LogP contribution in [0, 0.1) is 0 Å². The Balaban J connectivity index is 2.57. The molecule has 1 rings (SSSR count). The normalized spacial score (nSPS) is 10.4. The summed E-state index contributed by atoms with van der Waals surface area (Å²) in [5.41, 5.74) is 0. The van der Waals surface area contributed by atoms with Gasteiger partial charge in [0.15, 0.2) is 0 Å². The highest BCUT2D eigenvalue weighted by atomic mass is 35.5. The predicted octanol–water partition coefficient (Wildman–Crippen LogP) is 3.45. The standard InChI is InChI=1S/C11H10Cl2O3/c1-2-15-11(14)5-6-16-10-4-3-8(12)7-9(10)13/h3-7H,2H2,1H3/b6-5-. The molecule has 86 valence electrons. The summed E-state index contributed by atoms with van der Waals surface area (Å²) in [5.74, 6) is -0.0424. The lowest BCUT2D eigenvalue weighted by molar-refractivity contribution is -0.137. The van der Waals surface area contributed by atoms with Crippen LogP contribution < -0.4 is 4.74 Å². The Morgan fingerprint density at radius 2 is 2.19 bits per heavy atom. The SMILES string of the molecule is CCOC(=O)/C=C\Oc1ccc(Cl)cc1Cl. The van der Waals surface area contributed by atoms with Crippen LogP contribution >= 0.6 is 23.2 Å². The van der Waals surface area contributed by atoms with Gasteiger partial charge in [0.2, 0.25) is 0 Å². The van der Waals surface area contributed by atoms with Crippen LogP contribution in [0.1, 0.15) is 6.92 Å². The zero-order chi connectivity index (χ0) is 12.0. The van der Waals surface area contributed by atoms with Crippen LogP contribution in [-0.2, 0) is 9.53 Å². The highest BCUT2D eigenvalue weighted by molar-refractivity contribution is 6.35. The predicted molar refractivity (Wildman–Crippen MR) is 62.9 cm³/mol. The third-order valence-electron chi connectivity index (χ3n) is 1.58. The third-order valence-corrected chi connectivity index (χ3v) is 2.11. The average molecular weight is 261 g/mol. The quantitative estimate of drug-likeness (QED) is 0.473. The summed E-state index contributed by atoms with van der Waals surface area (Å²) in [5, 5.41) is 0.896. The summed E-state index contributed by atoms with van der Waals surface area (Å²) in [7, 11) is 0. The molecule has 5 heteroatoms. The summed E-state index contributed by atoms with van der Waals surface area (Å²) in [6, 6.07) is 4.80. The van der Waals surface area contributed by atoms with Gasteiger partial charge in [0, 0.05) is 5.02 Å². The summed E-state index contributed by atoms with van der Waals surface area (Å²) >= 11 is 11.6. The first-order valence-electron chi connectivity index (χ1n) is 4.58. The molecule has 0 aliphatic heterocycles. The van der Waals surface area contributed by atoms with E-state index >= 15 is 0 Å². The van der Waals surface area contributed by atoms with Crippen LogP contribution in [0.4, 0.5) is 0 Å². The Kier molecular flexibility index (Phi) is 5.15. The van der Waals surface area contributed by atoms with Crippen molar-refractivity contribution in [3.05, 3.63) is 40.6 Å².